The molecule has 0 spiro atoms. The van der Waals surface area contributed by atoms with Gasteiger partial charge in [-0.05, 0) is 37.6 Å². The van der Waals surface area contributed by atoms with Gasteiger partial charge in [-0.3, -0.25) is 0 Å². The van der Waals surface area contributed by atoms with Crippen LogP contribution in [0.4, 0.5) is 0 Å². The highest BCUT2D eigenvalue weighted by Crippen LogP contribution is 2.26. The van der Waals surface area contributed by atoms with Crippen molar-refractivity contribution < 1.29 is 9.47 Å². The van der Waals surface area contributed by atoms with E-state index in [-0.39, 0.29) is 0 Å². The van der Waals surface area contributed by atoms with Gasteiger partial charge in [0.05, 0.1) is 19.3 Å². The van der Waals surface area contributed by atoms with Crippen molar-refractivity contribution in [3.8, 4) is 17.6 Å². The lowest BCUT2D eigenvalue weighted by Crippen LogP contribution is -2.15. The Balaban J connectivity index is 1.68. The van der Waals surface area contributed by atoms with Crippen LogP contribution in [0.2, 0.25) is 0 Å². The summed E-state index contributed by atoms with van der Waals surface area (Å²) in [6.07, 6.45) is 1.53. The van der Waals surface area contributed by atoms with Gasteiger partial charge >= 0.3 is 0 Å². The lowest BCUT2D eigenvalue weighted by Gasteiger charge is -2.13. The lowest BCUT2D eigenvalue weighted by atomic mass is 10.2. The smallest absolute Gasteiger partial charge is 0.119 e. The highest BCUT2D eigenvalue weighted by atomic mass is 32.2. The molecule has 1 aromatic carbocycles. The number of thioether (sulfide) groups is 1. The van der Waals surface area contributed by atoms with Crippen LogP contribution in [0.5, 0.6) is 5.75 Å². The first kappa shape index (κ1) is 15.2. The predicted molar refractivity (Wildman–Crippen MR) is 84.1 cm³/mol. The molecule has 0 aromatic heterocycles. The third-order valence-corrected chi connectivity index (χ3v) is 4.63. The first-order valence-electron chi connectivity index (χ1n) is 6.94. The summed E-state index contributed by atoms with van der Waals surface area (Å²) in [6, 6.07) is 7.81. The quantitative estimate of drug-likeness (QED) is 0.668. The summed E-state index contributed by atoms with van der Waals surface area (Å²) in [7, 11) is 0. The molecule has 0 aliphatic carbocycles. The van der Waals surface area contributed by atoms with Crippen LogP contribution in [-0.2, 0) is 4.74 Å². The van der Waals surface area contributed by atoms with Crippen molar-refractivity contribution in [2.45, 2.75) is 24.7 Å². The molecular formula is C16H21NO2S. The van der Waals surface area contributed by atoms with Crippen LogP contribution >= 0.6 is 11.8 Å². The molecular weight excluding hydrogens is 270 g/mol. The molecule has 0 bridgehead atoms. The highest BCUT2D eigenvalue weighted by molar-refractivity contribution is 8.00. The lowest BCUT2D eigenvalue weighted by molar-refractivity contribution is 0.127. The van der Waals surface area contributed by atoms with Crippen LogP contribution in [0.3, 0.4) is 0 Å². The average Bonchev–Trinajstić information content (AvgIpc) is 2.88. The van der Waals surface area contributed by atoms with Gasteiger partial charge in [-0.15, -0.1) is 0 Å². The molecule has 4 heteroatoms. The van der Waals surface area contributed by atoms with Gasteiger partial charge in [-0.1, -0.05) is 11.8 Å². The normalized spacial score (nSPS) is 21.3. The van der Waals surface area contributed by atoms with Gasteiger partial charge < -0.3 is 15.2 Å². The molecule has 0 amide bonds. The maximum Gasteiger partial charge on any atom is 0.119 e. The summed E-state index contributed by atoms with van der Waals surface area (Å²) in [5, 5.41) is 0.618. The predicted octanol–water partition coefficient (Wildman–Crippen LogP) is 2.29. The standard InChI is InChI=1S/C16H21NO2S/c1-13-16(8-10-18-13)20-12-11-19-15-6-4-14(5-7-15)3-2-9-17/h4-7,13,16H,8-12,17H2,1H3. The molecule has 2 N–H and O–H groups in total. The highest BCUT2D eigenvalue weighted by Gasteiger charge is 2.23. The molecule has 108 valence electrons. The van der Waals surface area contributed by atoms with E-state index in [0.29, 0.717) is 17.9 Å². The Bertz CT molecular complexity index is 464. The molecule has 2 rings (SSSR count). The molecule has 1 aliphatic rings. The summed E-state index contributed by atoms with van der Waals surface area (Å²) >= 11 is 1.94. The van der Waals surface area contributed by atoms with E-state index >= 15 is 0 Å². The monoisotopic (exact) mass is 291 g/mol. The van der Waals surface area contributed by atoms with Gasteiger partial charge in [0.1, 0.15) is 5.75 Å². The Morgan fingerprint density at radius 3 is 2.85 bits per heavy atom. The third kappa shape index (κ3) is 4.75. The van der Waals surface area contributed by atoms with E-state index in [1.807, 2.05) is 36.0 Å². The number of hydrogen-bond acceptors (Lipinski definition) is 4. The van der Waals surface area contributed by atoms with E-state index in [4.69, 9.17) is 15.2 Å². The molecule has 0 radical (unpaired) electrons. The third-order valence-electron chi connectivity index (χ3n) is 3.18. The maximum atomic E-state index is 5.73. The fourth-order valence-electron chi connectivity index (χ4n) is 2.08. The molecule has 0 saturated carbocycles. The minimum atomic E-state index is 0.375. The van der Waals surface area contributed by atoms with Gasteiger partial charge in [0.25, 0.3) is 0 Å². The molecule has 1 heterocycles. The summed E-state index contributed by atoms with van der Waals surface area (Å²) in [4.78, 5) is 0. The molecule has 1 aromatic rings. The van der Waals surface area contributed by atoms with Gasteiger partial charge in [0.15, 0.2) is 0 Å². The zero-order chi connectivity index (χ0) is 14.2. The van der Waals surface area contributed by atoms with E-state index in [9.17, 15) is 0 Å². The van der Waals surface area contributed by atoms with Crippen LogP contribution in [0.25, 0.3) is 0 Å². The number of rotatable bonds is 5. The summed E-state index contributed by atoms with van der Waals surface area (Å²) < 4.78 is 11.3. The van der Waals surface area contributed by atoms with Crippen molar-refractivity contribution in [1.29, 1.82) is 0 Å². The molecule has 3 nitrogen and oxygen atoms in total. The van der Waals surface area contributed by atoms with Gasteiger partial charge in [0, 0.05) is 23.2 Å². The summed E-state index contributed by atoms with van der Waals surface area (Å²) in [5.41, 5.74) is 6.31. The molecule has 2 atom stereocenters. The fraction of sp³-hybridized carbons (Fsp3) is 0.500. The van der Waals surface area contributed by atoms with Crippen LogP contribution in [0.15, 0.2) is 24.3 Å². The van der Waals surface area contributed by atoms with Gasteiger partial charge in [-0.25, -0.2) is 0 Å². The Kier molecular flexibility index (Phi) is 6.25. The topological polar surface area (TPSA) is 44.5 Å². The minimum Gasteiger partial charge on any atom is -0.493 e. The number of nitrogens with two attached hydrogens (primary N) is 1. The van der Waals surface area contributed by atoms with Crippen LogP contribution < -0.4 is 10.5 Å². The number of ether oxygens (including phenoxy) is 2. The summed E-state index contributed by atoms with van der Waals surface area (Å²) in [6.45, 7) is 4.15. The largest absolute Gasteiger partial charge is 0.493 e. The van der Waals surface area contributed by atoms with Crippen molar-refractivity contribution in [2.24, 2.45) is 5.73 Å². The zero-order valence-electron chi connectivity index (χ0n) is 11.8. The Morgan fingerprint density at radius 2 is 2.20 bits per heavy atom. The Morgan fingerprint density at radius 1 is 1.40 bits per heavy atom. The van der Waals surface area contributed by atoms with Crippen LogP contribution in [0.1, 0.15) is 18.9 Å². The van der Waals surface area contributed by atoms with Crippen LogP contribution in [0, 0.1) is 11.8 Å². The first-order valence-corrected chi connectivity index (χ1v) is 7.99. The molecule has 1 fully saturated rings. The molecule has 1 saturated heterocycles. The average molecular weight is 291 g/mol. The fourth-order valence-corrected chi connectivity index (χ4v) is 3.17. The van der Waals surface area contributed by atoms with Gasteiger partial charge in [0.2, 0.25) is 0 Å². The second-order valence-corrected chi connectivity index (χ2v) is 6.00. The van der Waals surface area contributed by atoms with E-state index in [1.165, 1.54) is 0 Å². The SMILES string of the molecule is CC1OCCC1SCCOc1ccc(C#CCN)cc1. The summed E-state index contributed by atoms with van der Waals surface area (Å²) in [5.74, 6) is 7.71. The second-order valence-electron chi connectivity index (χ2n) is 4.65. The van der Waals surface area contributed by atoms with E-state index in [0.717, 1.165) is 36.7 Å². The van der Waals surface area contributed by atoms with Crippen molar-refractivity contribution >= 4 is 11.8 Å². The molecule has 2 unspecified atom stereocenters. The van der Waals surface area contributed by atoms with E-state index in [1.54, 1.807) is 0 Å². The van der Waals surface area contributed by atoms with Crippen molar-refractivity contribution in [1.82, 2.24) is 0 Å². The van der Waals surface area contributed by atoms with E-state index in [2.05, 4.69) is 18.8 Å². The van der Waals surface area contributed by atoms with Crippen molar-refractivity contribution in [3.63, 3.8) is 0 Å². The molecule has 1 aliphatic heterocycles. The van der Waals surface area contributed by atoms with Crippen molar-refractivity contribution in [2.75, 3.05) is 25.5 Å². The van der Waals surface area contributed by atoms with Gasteiger partial charge in [-0.2, -0.15) is 11.8 Å². The first-order chi connectivity index (χ1) is 9.79. The molecule has 20 heavy (non-hydrogen) atoms. The Hall–Kier alpha value is -1.15. The Labute approximate surface area is 125 Å². The van der Waals surface area contributed by atoms with Crippen LogP contribution in [-0.4, -0.2) is 36.9 Å². The maximum absolute atomic E-state index is 5.73. The zero-order valence-corrected chi connectivity index (χ0v) is 12.6. The van der Waals surface area contributed by atoms with Crippen molar-refractivity contribution in [3.05, 3.63) is 29.8 Å². The number of benzene rings is 1. The number of hydrogen-bond donors (Lipinski definition) is 1. The second kappa shape index (κ2) is 8.21. The minimum absolute atomic E-state index is 0.375. The van der Waals surface area contributed by atoms with E-state index < -0.39 is 0 Å².